The SMILES string of the molecule is CCCNC(=O)c1nc(C(=O)NCCN(C)C)n2ccccc12. The van der Waals surface area contributed by atoms with E-state index in [1.54, 1.807) is 22.7 Å². The van der Waals surface area contributed by atoms with Crippen molar-refractivity contribution in [3.8, 4) is 0 Å². The van der Waals surface area contributed by atoms with E-state index in [-0.39, 0.29) is 23.3 Å². The van der Waals surface area contributed by atoms with Crippen LogP contribution in [0.2, 0.25) is 0 Å². The Balaban J connectivity index is 2.26. The van der Waals surface area contributed by atoms with Gasteiger partial charge in [0, 0.05) is 25.8 Å². The van der Waals surface area contributed by atoms with Gasteiger partial charge in [-0.1, -0.05) is 13.0 Å². The largest absolute Gasteiger partial charge is 0.351 e. The maximum Gasteiger partial charge on any atom is 0.287 e. The van der Waals surface area contributed by atoms with Gasteiger partial charge in [-0.2, -0.15) is 0 Å². The number of hydrogen-bond donors (Lipinski definition) is 2. The molecule has 0 aliphatic rings. The van der Waals surface area contributed by atoms with Crippen LogP contribution in [0.15, 0.2) is 24.4 Å². The summed E-state index contributed by atoms with van der Waals surface area (Å²) < 4.78 is 1.64. The third-order valence-corrected chi connectivity index (χ3v) is 3.35. The van der Waals surface area contributed by atoms with Crippen molar-refractivity contribution in [2.24, 2.45) is 0 Å². The van der Waals surface area contributed by atoms with Gasteiger partial charge >= 0.3 is 0 Å². The highest BCUT2D eigenvalue weighted by Crippen LogP contribution is 2.13. The topological polar surface area (TPSA) is 78.7 Å². The van der Waals surface area contributed by atoms with E-state index in [4.69, 9.17) is 0 Å². The summed E-state index contributed by atoms with van der Waals surface area (Å²) in [7, 11) is 3.88. The molecule has 0 fully saturated rings. The molecule has 2 heterocycles. The van der Waals surface area contributed by atoms with Crippen molar-refractivity contribution in [1.82, 2.24) is 24.9 Å². The smallest absolute Gasteiger partial charge is 0.287 e. The first kappa shape index (κ1) is 17.0. The van der Waals surface area contributed by atoms with E-state index in [9.17, 15) is 9.59 Å². The minimum absolute atomic E-state index is 0.223. The molecule has 0 saturated carbocycles. The van der Waals surface area contributed by atoms with Gasteiger partial charge in [-0.3, -0.25) is 14.0 Å². The lowest BCUT2D eigenvalue weighted by Crippen LogP contribution is -2.32. The second kappa shape index (κ2) is 7.73. The molecule has 0 radical (unpaired) electrons. The zero-order chi connectivity index (χ0) is 16.8. The summed E-state index contributed by atoms with van der Waals surface area (Å²) in [5.41, 5.74) is 0.899. The summed E-state index contributed by atoms with van der Waals surface area (Å²) in [5.74, 6) is -0.327. The Morgan fingerprint density at radius 2 is 1.91 bits per heavy atom. The summed E-state index contributed by atoms with van der Waals surface area (Å²) in [4.78, 5) is 30.8. The van der Waals surface area contributed by atoms with E-state index >= 15 is 0 Å². The predicted molar refractivity (Wildman–Crippen MR) is 88.7 cm³/mol. The van der Waals surface area contributed by atoms with Crippen molar-refractivity contribution < 1.29 is 9.59 Å². The molecule has 0 bridgehead atoms. The molecule has 0 atom stereocenters. The van der Waals surface area contributed by atoms with Gasteiger partial charge in [-0.25, -0.2) is 4.98 Å². The van der Waals surface area contributed by atoms with Gasteiger partial charge in [0.15, 0.2) is 5.69 Å². The molecule has 0 unspecified atom stereocenters. The quantitative estimate of drug-likeness (QED) is 0.790. The Kier molecular flexibility index (Phi) is 5.70. The van der Waals surface area contributed by atoms with Crippen molar-refractivity contribution in [3.63, 3.8) is 0 Å². The number of hydrogen-bond acceptors (Lipinski definition) is 4. The van der Waals surface area contributed by atoms with Crippen molar-refractivity contribution in [2.45, 2.75) is 13.3 Å². The fourth-order valence-corrected chi connectivity index (χ4v) is 2.16. The molecule has 7 nitrogen and oxygen atoms in total. The highest BCUT2D eigenvalue weighted by atomic mass is 16.2. The van der Waals surface area contributed by atoms with Crippen molar-refractivity contribution in [2.75, 3.05) is 33.7 Å². The molecule has 0 spiro atoms. The second-order valence-electron chi connectivity index (χ2n) is 5.55. The van der Waals surface area contributed by atoms with Crippen LogP contribution in [-0.2, 0) is 0 Å². The molecule has 2 aromatic heterocycles. The van der Waals surface area contributed by atoms with E-state index in [2.05, 4.69) is 15.6 Å². The number of carbonyl (C=O) groups excluding carboxylic acids is 2. The number of pyridine rings is 1. The number of imidazole rings is 1. The number of likely N-dealkylation sites (N-methyl/N-ethyl adjacent to an activating group) is 1. The Hall–Kier alpha value is -2.41. The fraction of sp³-hybridized carbons (Fsp3) is 0.438. The van der Waals surface area contributed by atoms with Gasteiger partial charge in [-0.15, -0.1) is 0 Å². The number of amides is 2. The van der Waals surface area contributed by atoms with Gasteiger partial charge in [0.05, 0.1) is 5.52 Å². The predicted octanol–water partition coefficient (Wildman–Crippen LogP) is 0.766. The molecule has 0 aromatic carbocycles. The normalized spacial score (nSPS) is 11.0. The summed E-state index contributed by atoms with van der Waals surface area (Å²) in [6.07, 6.45) is 2.58. The molecule has 2 rings (SSSR count). The monoisotopic (exact) mass is 317 g/mol. The van der Waals surface area contributed by atoms with Crippen LogP contribution in [0.3, 0.4) is 0 Å². The third kappa shape index (κ3) is 4.07. The molecular weight excluding hydrogens is 294 g/mol. The van der Waals surface area contributed by atoms with E-state index in [0.717, 1.165) is 13.0 Å². The van der Waals surface area contributed by atoms with Crippen LogP contribution in [0.5, 0.6) is 0 Å². The maximum absolute atomic E-state index is 12.3. The number of rotatable bonds is 7. The Bertz CT molecular complexity index is 693. The Morgan fingerprint density at radius 1 is 1.17 bits per heavy atom. The minimum atomic E-state index is -0.289. The van der Waals surface area contributed by atoms with Gasteiger partial charge in [0.2, 0.25) is 5.82 Å². The maximum atomic E-state index is 12.3. The Morgan fingerprint density at radius 3 is 2.61 bits per heavy atom. The highest BCUT2D eigenvalue weighted by molar-refractivity contribution is 6.02. The van der Waals surface area contributed by atoms with Crippen LogP contribution < -0.4 is 10.6 Å². The molecule has 0 aliphatic heterocycles. The van der Waals surface area contributed by atoms with Gasteiger partial charge in [-0.05, 0) is 32.6 Å². The zero-order valence-corrected chi connectivity index (χ0v) is 13.8. The zero-order valence-electron chi connectivity index (χ0n) is 13.8. The molecular formula is C16H23N5O2. The lowest BCUT2D eigenvalue weighted by atomic mass is 10.3. The lowest BCUT2D eigenvalue weighted by molar-refractivity contribution is 0.0940. The molecule has 2 N–H and O–H groups in total. The van der Waals surface area contributed by atoms with Crippen LogP contribution >= 0.6 is 0 Å². The molecule has 0 saturated heterocycles. The summed E-state index contributed by atoms with van der Waals surface area (Å²) in [6.45, 7) is 3.81. The average Bonchev–Trinajstić information content (AvgIpc) is 2.92. The van der Waals surface area contributed by atoms with Crippen molar-refractivity contribution >= 4 is 17.3 Å². The average molecular weight is 317 g/mol. The Labute approximate surface area is 135 Å². The van der Waals surface area contributed by atoms with E-state index in [1.807, 2.05) is 32.0 Å². The molecule has 0 aliphatic carbocycles. The van der Waals surface area contributed by atoms with Crippen LogP contribution in [0.25, 0.3) is 5.52 Å². The number of fused-ring (bicyclic) bond motifs is 1. The van der Waals surface area contributed by atoms with E-state index in [0.29, 0.717) is 18.6 Å². The minimum Gasteiger partial charge on any atom is -0.351 e. The van der Waals surface area contributed by atoms with Gasteiger partial charge in [0.25, 0.3) is 11.8 Å². The molecule has 2 aromatic rings. The van der Waals surface area contributed by atoms with Crippen LogP contribution in [0.1, 0.15) is 34.5 Å². The van der Waals surface area contributed by atoms with Crippen molar-refractivity contribution in [3.05, 3.63) is 35.9 Å². The van der Waals surface area contributed by atoms with Gasteiger partial charge in [0.1, 0.15) is 0 Å². The summed E-state index contributed by atoms with van der Waals surface area (Å²) in [6, 6.07) is 5.41. The third-order valence-electron chi connectivity index (χ3n) is 3.35. The molecule has 7 heteroatoms. The second-order valence-corrected chi connectivity index (χ2v) is 5.55. The first-order valence-corrected chi connectivity index (χ1v) is 7.72. The number of carbonyl (C=O) groups is 2. The number of nitrogens with one attached hydrogen (secondary N) is 2. The van der Waals surface area contributed by atoms with E-state index < -0.39 is 0 Å². The fourth-order valence-electron chi connectivity index (χ4n) is 2.16. The van der Waals surface area contributed by atoms with Crippen molar-refractivity contribution in [1.29, 1.82) is 0 Å². The van der Waals surface area contributed by atoms with Crippen LogP contribution in [-0.4, -0.2) is 59.8 Å². The first-order chi connectivity index (χ1) is 11.0. The van der Waals surface area contributed by atoms with E-state index in [1.165, 1.54) is 0 Å². The lowest BCUT2D eigenvalue weighted by Gasteiger charge is -2.09. The van der Waals surface area contributed by atoms with Crippen LogP contribution in [0, 0.1) is 0 Å². The van der Waals surface area contributed by atoms with Crippen LogP contribution in [0.4, 0.5) is 0 Å². The molecule has 23 heavy (non-hydrogen) atoms. The standard InChI is InChI=1S/C16H23N5O2/c1-4-8-17-15(22)13-12-7-5-6-10-21(12)14(19-13)16(23)18-9-11-20(2)3/h5-7,10H,4,8-9,11H2,1-3H3,(H,17,22)(H,18,23). The first-order valence-electron chi connectivity index (χ1n) is 7.72. The molecule has 2 amide bonds. The van der Waals surface area contributed by atoms with Gasteiger partial charge < -0.3 is 15.5 Å². The number of aromatic nitrogens is 2. The number of nitrogens with zero attached hydrogens (tertiary/aromatic N) is 3. The summed E-state index contributed by atoms with van der Waals surface area (Å²) in [5, 5.41) is 5.62. The summed E-state index contributed by atoms with van der Waals surface area (Å²) >= 11 is 0. The molecule has 124 valence electrons. The highest BCUT2D eigenvalue weighted by Gasteiger charge is 2.20.